The number of carbonyl (C=O) groups is 1. The Hall–Kier alpha value is -2.62. The van der Waals surface area contributed by atoms with Crippen LogP contribution in [0.25, 0.3) is 22.2 Å². The lowest BCUT2D eigenvalue weighted by Crippen LogP contribution is -2.10. The average molecular weight is 349 g/mol. The SMILES string of the molecule is CCCCCCCCn1nc(-c2ccccc2)c2cc(C(N)=O)ccc21. The number of nitrogens with zero attached hydrogens (tertiary/aromatic N) is 2. The third-order valence-electron chi connectivity index (χ3n) is 4.81. The van der Waals surface area contributed by atoms with E-state index in [4.69, 9.17) is 10.8 Å². The lowest BCUT2D eigenvalue weighted by atomic mass is 10.1. The summed E-state index contributed by atoms with van der Waals surface area (Å²) < 4.78 is 2.07. The highest BCUT2D eigenvalue weighted by molar-refractivity contribution is 6.01. The van der Waals surface area contributed by atoms with Gasteiger partial charge in [0, 0.05) is 23.1 Å². The van der Waals surface area contributed by atoms with Crippen LogP contribution in [-0.2, 0) is 6.54 Å². The van der Waals surface area contributed by atoms with Gasteiger partial charge in [0.15, 0.2) is 0 Å². The fourth-order valence-corrected chi connectivity index (χ4v) is 3.35. The lowest BCUT2D eigenvalue weighted by Gasteiger charge is -2.04. The summed E-state index contributed by atoms with van der Waals surface area (Å²) in [5.74, 6) is -0.408. The summed E-state index contributed by atoms with van der Waals surface area (Å²) in [5, 5.41) is 5.84. The number of amides is 1. The molecule has 0 aliphatic rings. The third-order valence-corrected chi connectivity index (χ3v) is 4.81. The maximum Gasteiger partial charge on any atom is 0.248 e. The van der Waals surface area contributed by atoms with Gasteiger partial charge in [-0.1, -0.05) is 69.4 Å². The van der Waals surface area contributed by atoms with E-state index in [1.54, 1.807) is 6.07 Å². The molecular weight excluding hydrogens is 322 g/mol. The van der Waals surface area contributed by atoms with Crippen LogP contribution in [0.15, 0.2) is 48.5 Å². The number of unbranched alkanes of at least 4 members (excludes halogenated alkanes) is 5. The predicted octanol–water partition coefficient (Wildman–Crippen LogP) is 5.16. The minimum atomic E-state index is -0.408. The number of fused-ring (bicyclic) bond motifs is 1. The molecule has 2 aromatic carbocycles. The van der Waals surface area contributed by atoms with Gasteiger partial charge in [-0.25, -0.2) is 0 Å². The summed E-state index contributed by atoms with van der Waals surface area (Å²) in [6.07, 6.45) is 7.52. The molecule has 136 valence electrons. The molecule has 0 aliphatic carbocycles. The Morgan fingerprint density at radius 3 is 2.46 bits per heavy atom. The molecule has 0 bridgehead atoms. The zero-order valence-electron chi connectivity index (χ0n) is 15.4. The van der Waals surface area contributed by atoms with Gasteiger partial charge in [-0.2, -0.15) is 5.10 Å². The minimum absolute atomic E-state index is 0.408. The summed E-state index contributed by atoms with van der Waals surface area (Å²) >= 11 is 0. The first-order valence-electron chi connectivity index (χ1n) is 9.56. The van der Waals surface area contributed by atoms with Crippen molar-refractivity contribution in [3.05, 3.63) is 54.1 Å². The Kier molecular flexibility index (Phi) is 6.05. The van der Waals surface area contributed by atoms with Crippen molar-refractivity contribution >= 4 is 16.8 Å². The number of nitrogens with two attached hydrogens (primary N) is 1. The molecule has 2 N–H and O–H groups in total. The van der Waals surface area contributed by atoms with Crippen LogP contribution < -0.4 is 5.73 Å². The molecule has 3 rings (SSSR count). The van der Waals surface area contributed by atoms with Crippen LogP contribution in [-0.4, -0.2) is 15.7 Å². The standard InChI is InChI=1S/C22H27N3O/c1-2-3-4-5-6-10-15-25-20-14-13-18(22(23)26)16-19(20)21(24-25)17-11-8-7-9-12-17/h7-9,11-14,16H,2-6,10,15H2,1H3,(H2,23,26). The molecule has 0 spiro atoms. The molecule has 0 radical (unpaired) electrons. The molecule has 1 heterocycles. The molecule has 4 heteroatoms. The molecule has 4 nitrogen and oxygen atoms in total. The fourth-order valence-electron chi connectivity index (χ4n) is 3.35. The number of primary amides is 1. The Bertz CT molecular complexity index is 868. The molecule has 1 amide bonds. The normalized spacial score (nSPS) is 11.1. The van der Waals surface area contributed by atoms with Crippen molar-refractivity contribution in [1.82, 2.24) is 9.78 Å². The molecule has 0 saturated carbocycles. The second-order valence-electron chi connectivity index (χ2n) is 6.80. The van der Waals surface area contributed by atoms with Crippen LogP contribution in [0, 0.1) is 0 Å². The van der Waals surface area contributed by atoms with Crippen LogP contribution in [0.5, 0.6) is 0 Å². The molecule has 3 aromatic rings. The highest BCUT2D eigenvalue weighted by Gasteiger charge is 2.14. The molecule has 0 aliphatic heterocycles. The van der Waals surface area contributed by atoms with Gasteiger partial charge >= 0.3 is 0 Å². The Balaban J connectivity index is 1.88. The van der Waals surface area contributed by atoms with Gasteiger partial charge in [0.1, 0.15) is 5.69 Å². The molecule has 0 atom stereocenters. The van der Waals surface area contributed by atoms with E-state index in [0.29, 0.717) is 5.56 Å². The van der Waals surface area contributed by atoms with Gasteiger partial charge in [-0.15, -0.1) is 0 Å². The first kappa shape index (κ1) is 18.2. The van der Waals surface area contributed by atoms with Crippen LogP contribution >= 0.6 is 0 Å². The van der Waals surface area contributed by atoms with Gasteiger partial charge in [-0.05, 0) is 24.6 Å². The van der Waals surface area contributed by atoms with Crippen molar-refractivity contribution in [3.63, 3.8) is 0 Å². The van der Waals surface area contributed by atoms with Crippen molar-refractivity contribution in [2.75, 3.05) is 0 Å². The van der Waals surface area contributed by atoms with Crippen molar-refractivity contribution in [3.8, 4) is 11.3 Å². The molecule has 26 heavy (non-hydrogen) atoms. The van der Waals surface area contributed by atoms with Crippen molar-refractivity contribution in [2.45, 2.75) is 52.0 Å². The average Bonchev–Trinajstić information content (AvgIpc) is 3.03. The van der Waals surface area contributed by atoms with E-state index in [1.165, 1.54) is 32.1 Å². The van der Waals surface area contributed by atoms with Crippen LogP contribution in [0.3, 0.4) is 0 Å². The van der Waals surface area contributed by atoms with Gasteiger partial charge in [-0.3, -0.25) is 9.48 Å². The first-order valence-corrected chi connectivity index (χ1v) is 9.56. The quantitative estimate of drug-likeness (QED) is 0.542. The van der Waals surface area contributed by atoms with E-state index in [1.807, 2.05) is 42.5 Å². The number of carbonyl (C=O) groups excluding carboxylic acids is 1. The number of rotatable bonds is 9. The molecule has 1 aromatic heterocycles. The zero-order chi connectivity index (χ0) is 18.4. The summed E-state index contributed by atoms with van der Waals surface area (Å²) in [6.45, 7) is 3.13. The number of hydrogen-bond acceptors (Lipinski definition) is 2. The molecule has 0 saturated heterocycles. The smallest absolute Gasteiger partial charge is 0.248 e. The fraction of sp³-hybridized carbons (Fsp3) is 0.364. The highest BCUT2D eigenvalue weighted by Crippen LogP contribution is 2.29. The van der Waals surface area contributed by atoms with E-state index < -0.39 is 5.91 Å². The lowest BCUT2D eigenvalue weighted by molar-refractivity contribution is 0.100. The van der Waals surface area contributed by atoms with Crippen LogP contribution in [0.2, 0.25) is 0 Å². The largest absolute Gasteiger partial charge is 0.366 e. The predicted molar refractivity (Wildman–Crippen MR) is 107 cm³/mol. The summed E-state index contributed by atoms with van der Waals surface area (Å²) in [6, 6.07) is 15.7. The maximum atomic E-state index is 11.6. The molecule has 0 fully saturated rings. The number of aromatic nitrogens is 2. The Morgan fingerprint density at radius 2 is 1.73 bits per heavy atom. The number of hydrogen-bond donors (Lipinski definition) is 1. The van der Waals surface area contributed by atoms with E-state index >= 15 is 0 Å². The second kappa shape index (κ2) is 8.65. The maximum absolute atomic E-state index is 11.6. The van der Waals surface area contributed by atoms with E-state index in [2.05, 4.69) is 11.6 Å². The topological polar surface area (TPSA) is 60.9 Å². The third kappa shape index (κ3) is 4.13. The summed E-state index contributed by atoms with van der Waals surface area (Å²) in [7, 11) is 0. The number of benzene rings is 2. The van der Waals surface area contributed by atoms with Gasteiger partial charge in [0.25, 0.3) is 0 Å². The summed E-state index contributed by atoms with van der Waals surface area (Å²) in [5.41, 5.74) is 9.02. The van der Waals surface area contributed by atoms with Crippen molar-refractivity contribution in [2.24, 2.45) is 5.73 Å². The van der Waals surface area contributed by atoms with Gasteiger partial charge in [0.05, 0.1) is 5.52 Å². The van der Waals surface area contributed by atoms with E-state index in [9.17, 15) is 4.79 Å². The van der Waals surface area contributed by atoms with Crippen LogP contribution in [0.1, 0.15) is 55.8 Å². The second-order valence-corrected chi connectivity index (χ2v) is 6.80. The van der Waals surface area contributed by atoms with Gasteiger partial charge < -0.3 is 5.73 Å². The van der Waals surface area contributed by atoms with E-state index in [-0.39, 0.29) is 0 Å². The Labute approximate surface area is 155 Å². The Morgan fingerprint density at radius 1 is 1.00 bits per heavy atom. The summed E-state index contributed by atoms with van der Waals surface area (Å²) in [4.78, 5) is 11.6. The van der Waals surface area contributed by atoms with Crippen LogP contribution in [0.4, 0.5) is 0 Å². The monoisotopic (exact) mass is 349 g/mol. The minimum Gasteiger partial charge on any atom is -0.366 e. The van der Waals surface area contributed by atoms with Crippen molar-refractivity contribution < 1.29 is 4.79 Å². The highest BCUT2D eigenvalue weighted by atomic mass is 16.1. The van der Waals surface area contributed by atoms with Crippen molar-refractivity contribution in [1.29, 1.82) is 0 Å². The number of aryl methyl sites for hydroxylation is 1. The molecular formula is C22H27N3O. The zero-order valence-corrected chi connectivity index (χ0v) is 15.4. The first-order chi connectivity index (χ1) is 12.7. The molecule has 0 unspecified atom stereocenters. The van der Waals surface area contributed by atoms with E-state index in [0.717, 1.165) is 35.1 Å². The van der Waals surface area contributed by atoms with Gasteiger partial charge in [0.2, 0.25) is 5.91 Å².